The molecular formula is C11H14FN3O3. The highest BCUT2D eigenvalue weighted by molar-refractivity contribution is 5.81. The van der Waals surface area contributed by atoms with Gasteiger partial charge in [0.25, 0.3) is 5.69 Å². The van der Waals surface area contributed by atoms with Gasteiger partial charge in [-0.3, -0.25) is 14.9 Å². The number of carbonyl (C=O) groups excluding carboxylic acids is 1. The van der Waals surface area contributed by atoms with E-state index in [1.807, 2.05) is 13.8 Å². The molecule has 0 radical (unpaired) electrons. The van der Waals surface area contributed by atoms with E-state index in [4.69, 9.17) is 0 Å². The number of benzene rings is 1. The third-order valence-electron chi connectivity index (χ3n) is 2.00. The largest absolute Gasteiger partial charge is 0.376 e. The Morgan fingerprint density at radius 2 is 2.11 bits per heavy atom. The lowest BCUT2D eigenvalue weighted by Gasteiger charge is -2.10. The second kappa shape index (κ2) is 5.95. The van der Waals surface area contributed by atoms with Crippen LogP contribution >= 0.6 is 0 Å². The summed E-state index contributed by atoms with van der Waals surface area (Å²) < 4.78 is 13.1. The number of nitrogens with one attached hydrogen (secondary N) is 2. The zero-order chi connectivity index (χ0) is 13.7. The quantitative estimate of drug-likeness (QED) is 0.619. The molecule has 0 fully saturated rings. The standard InChI is InChI=1S/C11H14FN3O3/c1-7(2)14-11(16)6-13-9-3-8(12)4-10(5-9)15(17)18/h3-5,7,13H,6H2,1-2H3,(H,14,16). The van der Waals surface area contributed by atoms with Gasteiger partial charge in [0.2, 0.25) is 5.91 Å². The van der Waals surface area contributed by atoms with Gasteiger partial charge < -0.3 is 10.6 Å². The Labute approximate surface area is 103 Å². The Morgan fingerprint density at radius 3 is 2.67 bits per heavy atom. The van der Waals surface area contributed by atoms with Crippen LogP contribution in [0.25, 0.3) is 0 Å². The lowest BCUT2D eigenvalue weighted by atomic mass is 10.2. The highest BCUT2D eigenvalue weighted by Crippen LogP contribution is 2.19. The van der Waals surface area contributed by atoms with Crippen LogP contribution in [0.4, 0.5) is 15.8 Å². The molecule has 1 amide bonds. The van der Waals surface area contributed by atoms with Crippen LogP contribution in [-0.2, 0) is 4.79 Å². The van der Waals surface area contributed by atoms with Crippen molar-refractivity contribution in [3.05, 3.63) is 34.1 Å². The summed E-state index contributed by atoms with van der Waals surface area (Å²) in [5, 5.41) is 15.8. The van der Waals surface area contributed by atoms with Crippen LogP contribution in [0.5, 0.6) is 0 Å². The van der Waals surface area contributed by atoms with Gasteiger partial charge >= 0.3 is 0 Å². The van der Waals surface area contributed by atoms with Crippen LogP contribution in [-0.4, -0.2) is 23.4 Å². The van der Waals surface area contributed by atoms with Crippen molar-refractivity contribution in [1.82, 2.24) is 5.32 Å². The van der Waals surface area contributed by atoms with E-state index < -0.39 is 10.7 Å². The van der Waals surface area contributed by atoms with E-state index in [2.05, 4.69) is 10.6 Å². The van der Waals surface area contributed by atoms with Gasteiger partial charge in [-0.25, -0.2) is 4.39 Å². The molecular weight excluding hydrogens is 241 g/mol. The summed E-state index contributed by atoms with van der Waals surface area (Å²) in [6.07, 6.45) is 0. The molecule has 0 spiro atoms. The summed E-state index contributed by atoms with van der Waals surface area (Å²) in [6, 6.07) is 3.09. The number of amides is 1. The maximum absolute atomic E-state index is 13.1. The SMILES string of the molecule is CC(C)NC(=O)CNc1cc(F)cc([N+](=O)[O-])c1. The summed E-state index contributed by atoms with van der Waals surface area (Å²) in [5.41, 5.74) is -0.164. The summed E-state index contributed by atoms with van der Waals surface area (Å²) in [7, 11) is 0. The van der Waals surface area contributed by atoms with Crippen molar-refractivity contribution in [3.8, 4) is 0 Å². The normalized spacial score (nSPS) is 10.2. The number of non-ortho nitro benzene ring substituents is 1. The van der Waals surface area contributed by atoms with Crippen molar-refractivity contribution >= 4 is 17.3 Å². The smallest absolute Gasteiger partial charge is 0.274 e. The fraction of sp³-hybridized carbons (Fsp3) is 0.364. The Morgan fingerprint density at radius 1 is 1.44 bits per heavy atom. The molecule has 1 aromatic rings. The summed E-state index contributed by atoms with van der Waals surface area (Å²) in [4.78, 5) is 21.2. The molecule has 18 heavy (non-hydrogen) atoms. The first-order valence-corrected chi connectivity index (χ1v) is 5.36. The van der Waals surface area contributed by atoms with Crippen molar-refractivity contribution in [2.24, 2.45) is 0 Å². The second-order valence-electron chi connectivity index (χ2n) is 4.03. The number of anilines is 1. The summed E-state index contributed by atoms with van der Waals surface area (Å²) >= 11 is 0. The van der Waals surface area contributed by atoms with Crippen LogP contribution in [0, 0.1) is 15.9 Å². The monoisotopic (exact) mass is 255 g/mol. The Balaban J connectivity index is 2.67. The average Bonchev–Trinajstić information content (AvgIpc) is 2.24. The lowest BCUT2D eigenvalue weighted by molar-refractivity contribution is -0.385. The minimum Gasteiger partial charge on any atom is -0.376 e. The van der Waals surface area contributed by atoms with E-state index in [1.54, 1.807) is 0 Å². The van der Waals surface area contributed by atoms with Crippen LogP contribution in [0.2, 0.25) is 0 Å². The molecule has 6 nitrogen and oxygen atoms in total. The minimum atomic E-state index is -0.726. The van der Waals surface area contributed by atoms with Crippen LogP contribution in [0.1, 0.15) is 13.8 Å². The molecule has 2 N–H and O–H groups in total. The molecule has 0 saturated heterocycles. The molecule has 0 unspecified atom stereocenters. The van der Waals surface area contributed by atoms with Gasteiger partial charge in [0.05, 0.1) is 17.5 Å². The Bertz CT molecular complexity index is 463. The fourth-order valence-electron chi connectivity index (χ4n) is 1.34. The Hall–Kier alpha value is -2.18. The molecule has 1 rings (SSSR count). The van der Waals surface area contributed by atoms with Gasteiger partial charge in [-0.2, -0.15) is 0 Å². The number of nitro groups is 1. The molecule has 0 heterocycles. The van der Waals surface area contributed by atoms with Gasteiger partial charge in [-0.1, -0.05) is 0 Å². The molecule has 0 aliphatic rings. The molecule has 0 bridgehead atoms. The third-order valence-corrected chi connectivity index (χ3v) is 2.00. The minimum absolute atomic E-state index is 0.00106. The van der Waals surface area contributed by atoms with Gasteiger partial charge in [0.15, 0.2) is 0 Å². The number of halogens is 1. The predicted molar refractivity (Wildman–Crippen MR) is 64.8 cm³/mol. The van der Waals surface area contributed by atoms with Gasteiger partial charge in [-0.15, -0.1) is 0 Å². The van der Waals surface area contributed by atoms with Crippen molar-refractivity contribution in [3.63, 3.8) is 0 Å². The van der Waals surface area contributed by atoms with E-state index in [9.17, 15) is 19.3 Å². The van der Waals surface area contributed by atoms with Gasteiger partial charge in [0.1, 0.15) is 5.82 Å². The van der Waals surface area contributed by atoms with Crippen LogP contribution in [0.3, 0.4) is 0 Å². The van der Waals surface area contributed by atoms with E-state index in [-0.39, 0.29) is 29.9 Å². The number of hydrogen-bond acceptors (Lipinski definition) is 4. The first-order chi connectivity index (χ1) is 8.38. The maximum atomic E-state index is 13.1. The van der Waals surface area contributed by atoms with Crippen molar-refractivity contribution < 1.29 is 14.1 Å². The van der Waals surface area contributed by atoms with Crippen molar-refractivity contribution in [2.75, 3.05) is 11.9 Å². The second-order valence-corrected chi connectivity index (χ2v) is 4.03. The predicted octanol–water partition coefficient (Wildman–Crippen LogP) is 1.67. The lowest BCUT2D eigenvalue weighted by Crippen LogP contribution is -2.34. The van der Waals surface area contributed by atoms with Crippen molar-refractivity contribution in [2.45, 2.75) is 19.9 Å². The van der Waals surface area contributed by atoms with E-state index >= 15 is 0 Å². The first kappa shape index (κ1) is 13.9. The zero-order valence-electron chi connectivity index (χ0n) is 10.1. The zero-order valence-corrected chi connectivity index (χ0v) is 10.1. The van der Waals surface area contributed by atoms with E-state index in [0.717, 1.165) is 12.1 Å². The third kappa shape index (κ3) is 4.36. The number of hydrogen-bond donors (Lipinski definition) is 2. The average molecular weight is 255 g/mol. The molecule has 1 aromatic carbocycles. The molecule has 0 aliphatic heterocycles. The summed E-state index contributed by atoms with van der Waals surface area (Å²) in [6.45, 7) is 3.55. The fourth-order valence-corrected chi connectivity index (χ4v) is 1.34. The van der Waals surface area contributed by atoms with Crippen LogP contribution < -0.4 is 10.6 Å². The van der Waals surface area contributed by atoms with Crippen LogP contribution in [0.15, 0.2) is 18.2 Å². The molecule has 7 heteroatoms. The Kier molecular flexibility index (Phi) is 4.59. The summed E-state index contributed by atoms with van der Waals surface area (Å²) in [5.74, 6) is -0.993. The van der Waals surface area contributed by atoms with Crippen molar-refractivity contribution in [1.29, 1.82) is 0 Å². The van der Waals surface area contributed by atoms with Gasteiger partial charge in [-0.05, 0) is 19.9 Å². The number of nitro benzene ring substituents is 1. The van der Waals surface area contributed by atoms with E-state index in [0.29, 0.717) is 0 Å². The molecule has 0 atom stereocenters. The molecule has 0 aliphatic carbocycles. The topological polar surface area (TPSA) is 84.3 Å². The number of carbonyl (C=O) groups is 1. The maximum Gasteiger partial charge on any atom is 0.274 e. The van der Waals surface area contributed by atoms with Gasteiger partial charge in [0, 0.05) is 17.8 Å². The number of rotatable bonds is 5. The van der Waals surface area contributed by atoms with E-state index in [1.165, 1.54) is 6.07 Å². The molecule has 98 valence electrons. The highest BCUT2D eigenvalue weighted by Gasteiger charge is 2.10. The highest BCUT2D eigenvalue weighted by atomic mass is 19.1. The molecule has 0 aromatic heterocycles. The number of nitrogens with zero attached hydrogens (tertiary/aromatic N) is 1. The molecule has 0 saturated carbocycles. The first-order valence-electron chi connectivity index (χ1n) is 5.36.